The Morgan fingerprint density at radius 3 is 2.61 bits per heavy atom. The molecule has 8 heteroatoms. The van der Waals surface area contributed by atoms with E-state index in [-0.39, 0.29) is 16.8 Å². The summed E-state index contributed by atoms with van der Waals surface area (Å²) in [7, 11) is -1.25. The number of ether oxygens (including phenoxy) is 1. The molecule has 1 saturated heterocycles. The lowest BCUT2D eigenvalue weighted by atomic mass is 10.2. The third kappa shape index (κ3) is 3.53. The molecule has 124 valence electrons. The molecule has 3 rings (SSSR count). The van der Waals surface area contributed by atoms with E-state index < -0.39 is 9.84 Å². The van der Waals surface area contributed by atoms with E-state index in [0.29, 0.717) is 6.42 Å². The van der Waals surface area contributed by atoms with Crippen LogP contribution in [0.5, 0.6) is 5.75 Å². The summed E-state index contributed by atoms with van der Waals surface area (Å²) in [5.74, 6) is 2.09. The first-order valence-corrected chi connectivity index (χ1v) is 10.2. The van der Waals surface area contributed by atoms with Gasteiger partial charge in [-0.2, -0.15) is 0 Å². The SMILES string of the molecule is CCn1c(SC2CCS(=O)(=O)C2)nnc1-c1ccc(OC)cc1. The van der Waals surface area contributed by atoms with Crippen molar-refractivity contribution in [2.45, 2.75) is 30.3 Å². The first-order chi connectivity index (χ1) is 11.0. The van der Waals surface area contributed by atoms with Gasteiger partial charge in [-0.1, -0.05) is 11.8 Å². The largest absolute Gasteiger partial charge is 0.497 e. The summed E-state index contributed by atoms with van der Waals surface area (Å²) in [4.78, 5) is 0. The molecular weight excluding hydrogens is 334 g/mol. The maximum atomic E-state index is 11.6. The van der Waals surface area contributed by atoms with Crippen molar-refractivity contribution < 1.29 is 13.2 Å². The van der Waals surface area contributed by atoms with Gasteiger partial charge >= 0.3 is 0 Å². The highest BCUT2D eigenvalue weighted by atomic mass is 32.2. The van der Waals surface area contributed by atoms with Gasteiger partial charge in [0.1, 0.15) is 5.75 Å². The molecule has 0 spiro atoms. The van der Waals surface area contributed by atoms with Crippen LogP contribution in [-0.4, -0.2) is 47.0 Å². The number of aromatic nitrogens is 3. The van der Waals surface area contributed by atoms with Gasteiger partial charge in [-0.3, -0.25) is 0 Å². The highest BCUT2D eigenvalue weighted by Gasteiger charge is 2.30. The Balaban J connectivity index is 1.84. The molecule has 23 heavy (non-hydrogen) atoms. The van der Waals surface area contributed by atoms with Gasteiger partial charge < -0.3 is 9.30 Å². The summed E-state index contributed by atoms with van der Waals surface area (Å²) in [5, 5.41) is 9.41. The van der Waals surface area contributed by atoms with Crippen molar-refractivity contribution >= 4 is 21.6 Å². The minimum Gasteiger partial charge on any atom is -0.497 e. The quantitative estimate of drug-likeness (QED) is 0.821. The van der Waals surface area contributed by atoms with E-state index in [9.17, 15) is 8.42 Å². The van der Waals surface area contributed by atoms with Crippen LogP contribution in [0, 0.1) is 0 Å². The number of hydrogen-bond acceptors (Lipinski definition) is 6. The Bertz CT molecular complexity index is 785. The van der Waals surface area contributed by atoms with Crippen LogP contribution in [0.15, 0.2) is 29.4 Å². The molecule has 1 aromatic carbocycles. The van der Waals surface area contributed by atoms with Gasteiger partial charge in [0.2, 0.25) is 0 Å². The summed E-state index contributed by atoms with van der Waals surface area (Å²) in [6, 6.07) is 7.67. The molecule has 0 amide bonds. The first-order valence-electron chi connectivity index (χ1n) is 7.47. The lowest BCUT2D eigenvalue weighted by molar-refractivity contribution is 0.415. The van der Waals surface area contributed by atoms with Crippen molar-refractivity contribution in [1.82, 2.24) is 14.8 Å². The van der Waals surface area contributed by atoms with Crippen molar-refractivity contribution in [2.75, 3.05) is 18.6 Å². The van der Waals surface area contributed by atoms with Crippen molar-refractivity contribution in [3.05, 3.63) is 24.3 Å². The molecule has 1 aromatic heterocycles. The molecule has 6 nitrogen and oxygen atoms in total. The van der Waals surface area contributed by atoms with Crippen molar-refractivity contribution in [1.29, 1.82) is 0 Å². The van der Waals surface area contributed by atoms with E-state index in [0.717, 1.165) is 28.8 Å². The van der Waals surface area contributed by atoms with Crippen molar-refractivity contribution in [2.24, 2.45) is 0 Å². The molecule has 1 fully saturated rings. The lowest BCUT2D eigenvalue weighted by Crippen LogP contribution is -2.08. The van der Waals surface area contributed by atoms with Crippen LogP contribution in [-0.2, 0) is 16.4 Å². The molecule has 1 aliphatic heterocycles. The first kappa shape index (κ1) is 16.3. The van der Waals surface area contributed by atoms with Crippen LogP contribution < -0.4 is 4.74 Å². The number of nitrogens with zero attached hydrogens (tertiary/aromatic N) is 3. The molecule has 2 aromatic rings. The normalized spacial score (nSPS) is 19.8. The van der Waals surface area contributed by atoms with Crippen molar-refractivity contribution in [3.63, 3.8) is 0 Å². The molecular formula is C15H19N3O3S2. The number of methoxy groups -OCH3 is 1. The van der Waals surface area contributed by atoms with Crippen LogP contribution in [0.3, 0.4) is 0 Å². The summed E-state index contributed by atoms with van der Waals surface area (Å²) < 4.78 is 30.4. The van der Waals surface area contributed by atoms with Crippen LogP contribution in [0.1, 0.15) is 13.3 Å². The maximum absolute atomic E-state index is 11.6. The van der Waals surface area contributed by atoms with Gasteiger partial charge in [0.25, 0.3) is 0 Å². The molecule has 0 aliphatic carbocycles. The second-order valence-corrected chi connectivity index (χ2v) is 8.92. The van der Waals surface area contributed by atoms with Crippen molar-refractivity contribution in [3.8, 4) is 17.1 Å². The van der Waals surface area contributed by atoms with Gasteiger partial charge in [-0.25, -0.2) is 8.42 Å². The van der Waals surface area contributed by atoms with Gasteiger partial charge in [0, 0.05) is 17.4 Å². The molecule has 1 atom stereocenters. The predicted octanol–water partition coefficient (Wildman–Crippen LogP) is 2.25. The molecule has 0 N–H and O–H groups in total. The molecule has 0 radical (unpaired) electrons. The predicted molar refractivity (Wildman–Crippen MR) is 90.6 cm³/mol. The fraction of sp³-hybridized carbons (Fsp3) is 0.467. The molecule has 1 unspecified atom stereocenters. The number of rotatable bonds is 5. The van der Waals surface area contributed by atoms with E-state index in [4.69, 9.17) is 4.74 Å². The topological polar surface area (TPSA) is 74.1 Å². The second kappa shape index (κ2) is 6.52. The zero-order chi connectivity index (χ0) is 16.4. The number of thioether (sulfide) groups is 1. The average molecular weight is 353 g/mol. The van der Waals surface area contributed by atoms with Crippen LogP contribution in [0.4, 0.5) is 0 Å². The smallest absolute Gasteiger partial charge is 0.191 e. The minimum atomic E-state index is -2.88. The Kier molecular flexibility index (Phi) is 4.63. The van der Waals surface area contributed by atoms with Crippen LogP contribution in [0.2, 0.25) is 0 Å². The number of sulfone groups is 1. The third-order valence-corrected chi connectivity index (χ3v) is 7.07. The van der Waals surface area contributed by atoms with Gasteiger partial charge in [0.15, 0.2) is 20.8 Å². The zero-order valence-electron chi connectivity index (χ0n) is 13.1. The Labute approximate surface area is 140 Å². The van der Waals surface area contributed by atoms with E-state index in [2.05, 4.69) is 10.2 Å². The minimum absolute atomic E-state index is 0.0678. The fourth-order valence-corrected chi connectivity index (χ4v) is 6.17. The van der Waals surface area contributed by atoms with Gasteiger partial charge in [-0.05, 0) is 37.6 Å². The molecule has 0 bridgehead atoms. The summed E-state index contributed by atoms with van der Waals surface area (Å²) in [6.07, 6.45) is 0.682. The Morgan fingerprint density at radius 1 is 1.30 bits per heavy atom. The Hall–Kier alpha value is -1.54. The second-order valence-electron chi connectivity index (χ2n) is 5.42. The summed E-state index contributed by atoms with van der Waals surface area (Å²) in [5.41, 5.74) is 0.964. The van der Waals surface area contributed by atoms with E-state index in [1.807, 2.05) is 35.8 Å². The summed E-state index contributed by atoms with van der Waals surface area (Å²) in [6.45, 7) is 2.77. The van der Waals surface area contributed by atoms with E-state index in [1.165, 1.54) is 11.8 Å². The van der Waals surface area contributed by atoms with Crippen LogP contribution >= 0.6 is 11.8 Å². The molecule has 0 saturated carbocycles. The maximum Gasteiger partial charge on any atom is 0.191 e. The third-order valence-electron chi connectivity index (χ3n) is 3.84. The number of benzene rings is 1. The van der Waals surface area contributed by atoms with Gasteiger partial charge in [-0.15, -0.1) is 10.2 Å². The zero-order valence-corrected chi connectivity index (χ0v) is 14.7. The van der Waals surface area contributed by atoms with E-state index >= 15 is 0 Å². The fourth-order valence-electron chi connectivity index (χ4n) is 2.62. The monoisotopic (exact) mass is 353 g/mol. The molecule has 1 aliphatic rings. The standard InChI is InChI=1S/C15H19N3O3S2/c1-3-18-14(11-4-6-12(21-2)7-5-11)16-17-15(18)22-13-8-9-23(19,20)10-13/h4-7,13H,3,8-10H2,1-2H3. The highest BCUT2D eigenvalue weighted by molar-refractivity contribution is 8.01. The number of hydrogen-bond donors (Lipinski definition) is 0. The highest BCUT2D eigenvalue weighted by Crippen LogP contribution is 2.32. The summed E-state index contributed by atoms with van der Waals surface area (Å²) >= 11 is 1.51. The van der Waals surface area contributed by atoms with Crippen LogP contribution in [0.25, 0.3) is 11.4 Å². The molecule has 2 heterocycles. The van der Waals surface area contributed by atoms with E-state index in [1.54, 1.807) is 7.11 Å². The average Bonchev–Trinajstić information content (AvgIpc) is 3.10. The lowest BCUT2D eigenvalue weighted by Gasteiger charge is -2.10. The Morgan fingerprint density at radius 2 is 2.04 bits per heavy atom. The van der Waals surface area contributed by atoms with Gasteiger partial charge in [0.05, 0.1) is 18.6 Å².